The van der Waals surface area contributed by atoms with Crippen molar-refractivity contribution in [2.45, 2.75) is 44.4 Å². The molecule has 2 aliphatic rings. The molecule has 0 spiro atoms. The van der Waals surface area contributed by atoms with Crippen molar-refractivity contribution < 1.29 is 14.5 Å². The van der Waals surface area contributed by atoms with Crippen molar-refractivity contribution in [2.24, 2.45) is 5.41 Å². The van der Waals surface area contributed by atoms with Gasteiger partial charge in [-0.25, -0.2) is 9.97 Å². The van der Waals surface area contributed by atoms with Crippen LogP contribution in [0.15, 0.2) is 59.1 Å². The number of non-ortho nitro benzene ring substituents is 1. The first-order valence-corrected chi connectivity index (χ1v) is 12.3. The number of carbonyl (C=O) groups excluding carboxylic acids is 1. The van der Waals surface area contributed by atoms with Crippen LogP contribution in [0.25, 0.3) is 21.8 Å². The zero-order valence-electron chi connectivity index (χ0n) is 19.5. The zero-order chi connectivity index (χ0) is 24.8. The molecule has 0 radical (unpaired) electrons. The maximum Gasteiger partial charge on any atom is 0.324 e. The third kappa shape index (κ3) is 2.68. The molecule has 3 aromatic carbocycles. The first-order valence-electron chi connectivity index (χ1n) is 11.5. The molecule has 0 aliphatic heterocycles. The van der Waals surface area contributed by atoms with Gasteiger partial charge in [-0.3, -0.25) is 14.9 Å². The van der Waals surface area contributed by atoms with Gasteiger partial charge in [0.05, 0.1) is 31.8 Å². The molecule has 2 aliphatic carbocycles. The number of nitro benzene ring substituents is 1. The minimum absolute atomic E-state index is 0.0582. The van der Waals surface area contributed by atoms with Crippen LogP contribution in [0.1, 0.15) is 45.0 Å². The van der Waals surface area contributed by atoms with Crippen molar-refractivity contribution in [3.8, 4) is 5.75 Å². The van der Waals surface area contributed by atoms with E-state index in [4.69, 9.17) is 14.7 Å². The average molecular weight is 532 g/mol. The lowest BCUT2D eigenvalue weighted by atomic mass is 9.64. The first kappa shape index (κ1) is 22.1. The number of benzene rings is 3. The van der Waals surface area contributed by atoms with Gasteiger partial charge in [0.25, 0.3) is 5.69 Å². The number of rotatable bonds is 3. The third-order valence-electron chi connectivity index (χ3n) is 8.61. The van der Waals surface area contributed by atoms with E-state index in [2.05, 4.69) is 36.7 Å². The fourth-order valence-electron chi connectivity index (χ4n) is 6.13. The zero-order valence-corrected chi connectivity index (χ0v) is 21.0. The van der Waals surface area contributed by atoms with Gasteiger partial charge >= 0.3 is 5.97 Å². The van der Waals surface area contributed by atoms with E-state index in [-0.39, 0.29) is 17.1 Å². The summed E-state index contributed by atoms with van der Waals surface area (Å²) >= 11 is 3.62. The quantitative estimate of drug-likeness (QED) is 0.131. The molecule has 4 aromatic rings. The number of fused-ring (bicyclic) bond motifs is 7. The predicted octanol–water partition coefficient (Wildman–Crippen LogP) is 6.39. The molecule has 1 heterocycles. The Balaban J connectivity index is 1.52. The van der Waals surface area contributed by atoms with E-state index in [1.165, 1.54) is 12.1 Å². The molecule has 2 bridgehead atoms. The van der Waals surface area contributed by atoms with Gasteiger partial charge in [-0.15, -0.1) is 0 Å². The molecule has 0 N–H and O–H groups in total. The number of esters is 1. The van der Waals surface area contributed by atoms with Crippen LogP contribution >= 0.6 is 15.9 Å². The first-order chi connectivity index (χ1) is 16.6. The minimum Gasteiger partial charge on any atom is -0.425 e. The van der Waals surface area contributed by atoms with Crippen LogP contribution in [0.2, 0.25) is 0 Å². The lowest BCUT2D eigenvalue weighted by Crippen LogP contribution is -2.48. The molecular formula is C27H22BrN3O4. The van der Waals surface area contributed by atoms with Crippen molar-refractivity contribution >= 4 is 49.4 Å². The summed E-state index contributed by atoms with van der Waals surface area (Å²) < 4.78 is 6.83. The monoisotopic (exact) mass is 531 g/mol. The summed E-state index contributed by atoms with van der Waals surface area (Å²) in [6.07, 6.45) is 1.34. The highest BCUT2D eigenvalue weighted by atomic mass is 79.9. The number of nitrogens with zero attached hydrogens (tertiary/aromatic N) is 3. The normalized spacial score (nSPS) is 24.0. The van der Waals surface area contributed by atoms with Gasteiger partial charge in [0.1, 0.15) is 11.2 Å². The number of nitro groups is 1. The Kier molecular flexibility index (Phi) is 4.46. The topological polar surface area (TPSA) is 95.2 Å². The SMILES string of the molecule is CC12CCC(C(=O)Oc3ccc4ccccc4c3Br)(c3nc4cc([N+](=O)[O-])ccc4nc31)C2(C)C. The number of hydrogen-bond acceptors (Lipinski definition) is 6. The van der Waals surface area contributed by atoms with Crippen LogP contribution in [0.4, 0.5) is 5.69 Å². The summed E-state index contributed by atoms with van der Waals surface area (Å²) in [5.74, 6) is 0.0744. The number of ether oxygens (including phenoxy) is 1. The lowest BCUT2D eigenvalue weighted by molar-refractivity contribution is -0.384. The van der Waals surface area contributed by atoms with E-state index < -0.39 is 15.8 Å². The molecule has 1 fully saturated rings. The fourth-order valence-corrected chi connectivity index (χ4v) is 6.71. The number of hydrogen-bond donors (Lipinski definition) is 0. The van der Waals surface area contributed by atoms with Crippen LogP contribution in [0, 0.1) is 15.5 Å². The van der Waals surface area contributed by atoms with Crippen LogP contribution < -0.4 is 4.74 Å². The molecule has 6 rings (SSSR count). The molecule has 8 heteroatoms. The van der Waals surface area contributed by atoms with E-state index in [0.29, 0.717) is 28.9 Å². The highest BCUT2D eigenvalue weighted by Crippen LogP contribution is 2.70. The molecule has 35 heavy (non-hydrogen) atoms. The van der Waals surface area contributed by atoms with E-state index >= 15 is 0 Å². The summed E-state index contributed by atoms with van der Waals surface area (Å²) in [6.45, 7) is 6.28. The second kappa shape index (κ2) is 7.07. The summed E-state index contributed by atoms with van der Waals surface area (Å²) in [5.41, 5.74) is 0.363. The Bertz CT molecular complexity index is 1600. The summed E-state index contributed by atoms with van der Waals surface area (Å²) in [5, 5.41) is 13.3. The Morgan fingerprint density at radius 2 is 1.74 bits per heavy atom. The van der Waals surface area contributed by atoms with Gasteiger partial charge in [-0.1, -0.05) is 51.1 Å². The Hall–Kier alpha value is -3.39. The second-order valence-electron chi connectivity index (χ2n) is 10.2. The highest BCUT2D eigenvalue weighted by molar-refractivity contribution is 9.10. The molecule has 0 saturated heterocycles. The van der Waals surface area contributed by atoms with Gasteiger partial charge in [0.2, 0.25) is 0 Å². The Morgan fingerprint density at radius 3 is 2.51 bits per heavy atom. The van der Waals surface area contributed by atoms with E-state index in [1.54, 1.807) is 12.1 Å². The van der Waals surface area contributed by atoms with Gasteiger partial charge < -0.3 is 4.74 Å². The average Bonchev–Trinajstić information content (AvgIpc) is 3.14. The number of aromatic nitrogens is 2. The molecule has 7 nitrogen and oxygen atoms in total. The molecule has 0 amide bonds. The van der Waals surface area contributed by atoms with Gasteiger partial charge in [-0.2, -0.15) is 0 Å². The summed E-state index contributed by atoms with van der Waals surface area (Å²) in [7, 11) is 0. The standard InChI is InChI=1S/C27H22BrN3O4/c1-25(2)26(3)12-13-27(25,23-22(26)29-18-10-9-16(31(33)34)14-19(18)30-23)24(32)35-20-11-8-15-6-4-5-7-17(15)21(20)28/h4-11,14H,12-13H2,1-3H3. The van der Waals surface area contributed by atoms with Crippen LogP contribution in [0.3, 0.4) is 0 Å². The minimum atomic E-state index is -1.02. The molecule has 176 valence electrons. The van der Waals surface area contributed by atoms with Crippen molar-refractivity contribution in [1.82, 2.24) is 9.97 Å². The van der Waals surface area contributed by atoms with Crippen molar-refractivity contribution in [3.63, 3.8) is 0 Å². The van der Waals surface area contributed by atoms with Crippen LogP contribution in [0.5, 0.6) is 5.75 Å². The lowest BCUT2D eigenvalue weighted by Gasteiger charge is -2.38. The van der Waals surface area contributed by atoms with E-state index in [9.17, 15) is 14.9 Å². The second-order valence-corrected chi connectivity index (χ2v) is 11.0. The predicted molar refractivity (Wildman–Crippen MR) is 136 cm³/mol. The number of halogens is 1. The van der Waals surface area contributed by atoms with Crippen molar-refractivity contribution in [1.29, 1.82) is 0 Å². The molecule has 2 unspecified atom stereocenters. The summed E-state index contributed by atoms with van der Waals surface area (Å²) in [6, 6.07) is 16.1. The van der Waals surface area contributed by atoms with Gasteiger partial charge in [-0.05, 0) is 57.1 Å². The van der Waals surface area contributed by atoms with Gasteiger partial charge in [0.15, 0.2) is 0 Å². The molecule has 1 aromatic heterocycles. The summed E-state index contributed by atoms with van der Waals surface area (Å²) in [4.78, 5) is 34.7. The van der Waals surface area contributed by atoms with Gasteiger partial charge in [0, 0.05) is 17.5 Å². The fraction of sp³-hybridized carbons (Fsp3) is 0.296. The Morgan fingerprint density at radius 1 is 1.00 bits per heavy atom. The van der Waals surface area contributed by atoms with Crippen molar-refractivity contribution in [3.05, 3.63) is 80.6 Å². The van der Waals surface area contributed by atoms with Crippen molar-refractivity contribution in [2.75, 3.05) is 0 Å². The highest BCUT2D eigenvalue weighted by Gasteiger charge is 2.74. The van der Waals surface area contributed by atoms with E-state index in [1.807, 2.05) is 30.3 Å². The number of carbonyl (C=O) groups is 1. The maximum atomic E-state index is 14.1. The largest absolute Gasteiger partial charge is 0.425 e. The molecular weight excluding hydrogens is 510 g/mol. The third-order valence-corrected chi connectivity index (χ3v) is 9.43. The Labute approximate surface area is 209 Å². The molecule has 1 saturated carbocycles. The van der Waals surface area contributed by atoms with Crippen LogP contribution in [-0.4, -0.2) is 20.9 Å². The van der Waals surface area contributed by atoms with Crippen LogP contribution in [-0.2, 0) is 15.6 Å². The molecule has 2 atom stereocenters. The smallest absolute Gasteiger partial charge is 0.324 e. The van der Waals surface area contributed by atoms with E-state index in [0.717, 1.165) is 27.4 Å². The maximum absolute atomic E-state index is 14.1.